The number of carbonyl (C=O) groups is 2. The number of carbonyl (C=O) groups excluding carboxylic acids is 2. The highest BCUT2D eigenvalue weighted by atomic mass is 16.6. The highest BCUT2D eigenvalue weighted by Gasteiger charge is 2.43. The Hall–Kier alpha value is -1.30. The third kappa shape index (κ3) is 4.09. The first-order chi connectivity index (χ1) is 9.80. The van der Waals surface area contributed by atoms with Gasteiger partial charge in [-0.3, -0.25) is 4.90 Å². The third-order valence-electron chi connectivity index (χ3n) is 3.80. The van der Waals surface area contributed by atoms with Crippen LogP contribution in [0.15, 0.2) is 0 Å². The van der Waals surface area contributed by atoms with Crippen molar-refractivity contribution in [1.82, 2.24) is 4.90 Å². The Morgan fingerprint density at radius 2 is 1.81 bits per heavy atom. The molecule has 6 heteroatoms. The van der Waals surface area contributed by atoms with Crippen LogP contribution in [0.3, 0.4) is 0 Å². The molecule has 0 spiro atoms. The summed E-state index contributed by atoms with van der Waals surface area (Å²) in [5, 5.41) is 0. The maximum atomic E-state index is 12.2. The summed E-state index contributed by atoms with van der Waals surface area (Å²) in [4.78, 5) is 25.6. The zero-order valence-corrected chi connectivity index (χ0v) is 13.3. The predicted octanol–water partition coefficient (Wildman–Crippen LogP) is 2.11. The number of hydrogen-bond acceptors (Lipinski definition) is 5. The van der Waals surface area contributed by atoms with Crippen LogP contribution in [0.1, 0.15) is 46.5 Å². The van der Waals surface area contributed by atoms with Crippen LogP contribution in [0.25, 0.3) is 0 Å². The van der Waals surface area contributed by atoms with E-state index in [1.165, 1.54) is 18.4 Å². The second-order valence-corrected chi connectivity index (χ2v) is 6.72. The van der Waals surface area contributed by atoms with E-state index in [0.29, 0.717) is 13.0 Å². The molecule has 0 unspecified atom stereocenters. The minimum atomic E-state index is -0.616. The summed E-state index contributed by atoms with van der Waals surface area (Å²) < 4.78 is 16.1. The molecular weight excluding hydrogens is 274 g/mol. The van der Waals surface area contributed by atoms with E-state index in [1.807, 2.05) is 0 Å². The number of likely N-dealkylation sites (tertiary alicyclic amines) is 1. The Morgan fingerprint density at radius 3 is 2.29 bits per heavy atom. The number of nitrogens with zero attached hydrogens (tertiary/aromatic N) is 1. The molecular formula is C15H25NO5. The van der Waals surface area contributed by atoms with Gasteiger partial charge in [0.2, 0.25) is 0 Å². The van der Waals surface area contributed by atoms with Crippen molar-refractivity contribution in [2.75, 3.05) is 13.7 Å². The van der Waals surface area contributed by atoms with Crippen molar-refractivity contribution in [2.24, 2.45) is 0 Å². The van der Waals surface area contributed by atoms with Crippen LogP contribution in [0, 0.1) is 0 Å². The number of rotatable bonds is 3. The molecule has 0 bridgehead atoms. The average molecular weight is 299 g/mol. The van der Waals surface area contributed by atoms with Crippen LogP contribution < -0.4 is 0 Å². The highest BCUT2D eigenvalue weighted by Crippen LogP contribution is 2.29. The van der Waals surface area contributed by atoms with Gasteiger partial charge in [-0.15, -0.1) is 0 Å². The van der Waals surface area contributed by atoms with E-state index in [1.54, 1.807) is 20.8 Å². The smallest absolute Gasteiger partial charge is 0.411 e. The van der Waals surface area contributed by atoms with Crippen LogP contribution >= 0.6 is 0 Å². The van der Waals surface area contributed by atoms with Crippen LogP contribution in [-0.2, 0) is 19.0 Å². The lowest BCUT2D eigenvalue weighted by Gasteiger charge is -2.29. The summed E-state index contributed by atoms with van der Waals surface area (Å²) in [5.41, 5.74) is -0.593. The molecule has 120 valence electrons. The zero-order chi connectivity index (χ0) is 15.6. The molecule has 1 heterocycles. The largest absolute Gasteiger partial charge is 0.467 e. The molecule has 2 aliphatic rings. The summed E-state index contributed by atoms with van der Waals surface area (Å²) in [6.07, 6.45) is 3.45. The molecule has 1 saturated carbocycles. The fourth-order valence-corrected chi connectivity index (χ4v) is 2.56. The third-order valence-corrected chi connectivity index (χ3v) is 3.80. The first-order valence-corrected chi connectivity index (χ1v) is 7.53. The Labute approximate surface area is 125 Å². The maximum absolute atomic E-state index is 12.2. The van der Waals surface area contributed by atoms with Gasteiger partial charge >= 0.3 is 12.1 Å². The molecule has 21 heavy (non-hydrogen) atoms. The number of methoxy groups -OCH3 is 1. The van der Waals surface area contributed by atoms with E-state index in [-0.39, 0.29) is 12.2 Å². The SMILES string of the molecule is COC(=O)[C@@H]1C[C@H](OC2CCC2)CN1C(=O)OC(C)(C)C. The maximum Gasteiger partial charge on any atom is 0.411 e. The molecule has 2 rings (SSSR count). The standard InChI is InChI=1S/C15H25NO5/c1-15(2,3)21-14(18)16-9-11(20-10-6-5-7-10)8-12(16)13(17)19-4/h10-12H,5-9H2,1-4H3/t11-,12-/m0/s1. The van der Waals surface area contributed by atoms with Crippen molar-refractivity contribution in [3.8, 4) is 0 Å². The number of hydrogen-bond donors (Lipinski definition) is 0. The number of amides is 1. The normalized spacial score (nSPS) is 26.4. The Balaban J connectivity index is 2.00. The molecule has 1 aliphatic carbocycles. The van der Waals surface area contributed by atoms with Gasteiger partial charge in [-0.1, -0.05) is 0 Å². The number of ether oxygens (including phenoxy) is 3. The lowest BCUT2D eigenvalue weighted by molar-refractivity contribution is -0.145. The monoisotopic (exact) mass is 299 g/mol. The van der Waals surface area contributed by atoms with Gasteiger partial charge in [-0.25, -0.2) is 9.59 Å². The number of esters is 1. The Kier molecular flexibility index (Phi) is 4.76. The molecule has 1 aliphatic heterocycles. The van der Waals surface area contributed by atoms with E-state index in [2.05, 4.69) is 0 Å². The molecule has 6 nitrogen and oxygen atoms in total. The zero-order valence-electron chi connectivity index (χ0n) is 13.3. The van der Waals surface area contributed by atoms with Crippen LogP contribution in [-0.4, -0.2) is 54.5 Å². The summed E-state index contributed by atoms with van der Waals surface area (Å²) in [7, 11) is 1.33. The van der Waals surface area contributed by atoms with Crippen LogP contribution in [0.2, 0.25) is 0 Å². The fraction of sp³-hybridized carbons (Fsp3) is 0.867. The summed E-state index contributed by atoms with van der Waals surface area (Å²) >= 11 is 0. The average Bonchev–Trinajstić information content (AvgIpc) is 2.75. The first kappa shape index (κ1) is 16.1. The van der Waals surface area contributed by atoms with Crippen molar-refractivity contribution in [3.05, 3.63) is 0 Å². The van der Waals surface area contributed by atoms with Gasteiger partial charge in [-0.2, -0.15) is 0 Å². The molecule has 0 aromatic heterocycles. The Bertz CT molecular complexity index is 399. The molecule has 0 aromatic carbocycles. The van der Waals surface area contributed by atoms with Crippen molar-refractivity contribution >= 4 is 12.1 Å². The minimum absolute atomic E-state index is 0.119. The van der Waals surface area contributed by atoms with Gasteiger partial charge in [-0.05, 0) is 40.0 Å². The van der Waals surface area contributed by atoms with Crippen molar-refractivity contribution in [1.29, 1.82) is 0 Å². The molecule has 0 radical (unpaired) electrons. The summed E-state index contributed by atoms with van der Waals surface area (Å²) in [6, 6.07) is -0.616. The first-order valence-electron chi connectivity index (χ1n) is 7.53. The van der Waals surface area contributed by atoms with Gasteiger partial charge in [0.25, 0.3) is 0 Å². The topological polar surface area (TPSA) is 65.1 Å². The molecule has 1 amide bonds. The predicted molar refractivity (Wildman–Crippen MR) is 75.9 cm³/mol. The van der Waals surface area contributed by atoms with Gasteiger partial charge in [0.15, 0.2) is 0 Å². The fourth-order valence-electron chi connectivity index (χ4n) is 2.56. The highest BCUT2D eigenvalue weighted by molar-refractivity contribution is 5.82. The lowest BCUT2D eigenvalue weighted by Crippen LogP contribution is -2.44. The van der Waals surface area contributed by atoms with E-state index < -0.39 is 23.7 Å². The van der Waals surface area contributed by atoms with Gasteiger partial charge in [0, 0.05) is 6.42 Å². The van der Waals surface area contributed by atoms with Gasteiger partial charge < -0.3 is 14.2 Å². The lowest BCUT2D eigenvalue weighted by atomic mass is 9.96. The summed E-state index contributed by atoms with van der Waals surface area (Å²) in [6.45, 7) is 5.79. The van der Waals surface area contributed by atoms with Crippen molar-refractivity contribution in [2.45, 2.75) is 70.3 Å². The van der Waals surface area contributed by atoms with Crippen molar-refractivity contribution < 1.29 is 23.8 Å². The summed E-state index contributed by atoms with van der Waals surface area (Å²) in [5.74, 6) is -0.416. The second kappa shape index (κ2) is 6.22. The van der Waals surface area contributed by atoms with Crippen LogP contribution in [0.5, 0.6) is 0 Å². The van der Waals surface area contributed by atoms with Crippen molar-refractivity contribution in [3.63, 3.8) is 0 Å². The Morgan fingerprint density at radius 1 is 1.14 bits per heavy atom. The quantitative estimate of drug-likeness (QED) is 0.747. The molecule has 1 saturated heterocycles. The minimum Gasteiger partial charge on any atom is -0.467 e. The van der Waals surface area contributed by atoms with E-state index in [4.69, 9.17) is 14.2 Å². The van der Waals surface area contributed by atoms with Gasteiger partial charge in [0.1, 0.15) is 11.6 Å². The van der Waals surface area contributed by atoms with E-state index in [9.17, 15) is 9.59 Å². The van der Waals surface area contributed by atoms with Crippen LogP contribution in [0.4, 0.5) is 4.79 Å². The van der Waals surface area contributed by atoms with Gasteiger partial charge in [0.05, 0.1) is 25.9 Å². The second-order valence-electron chi connectivity index (χ2n) is 6.72. The molecule has 2 fully saturated rings. The molecule has 0 aromatic rings. The molecule has 0 N–H and O–H groups in total. The van der Waals surface area contributed by atoms with E-state index in [0.717, 1.165) is 12.8 Å². The van der Waals surface area contributed by atoms with E-state index >= 15 is 0 Å². The molecule has 2 atom stereocenters.